The standard InChI is InChI=1S/C23H31N3O/c1-18(2)16-22(20-8-4-3-5-9-20)25-23(27)24-17-19-10-12-21(13-11-19)26-14-6-7-15-26/h3-5,8-13,18,22H,6-7,14-17H2,1-2H3,(H2,24,25,27). The van der Waals surface area contributed by atoms with E-state index in [0.29, 0.717) is 12.5 Å². The highest BCUT2D eigenvalue weighted by Gasteiger charge is 2.16. The van der Waals surface area contributed by atoms with Gasteiger partial charge in [0.15, 0.2) is 0 Å². The molecule has 1 atom stereocenters. The summed E-state index contributed by atoms with van der Waals surface area (Å²) >= 11 is 0. The lowest BCUT2D eigenvalue weighted by molar-refractivity contribution is 0.234. The summed E-state index contributed by atoms with van der Waals surface area (Å²) in [6.45, 7) is 7.19. The van der Waals surface area contributed by atoms with E-state index < -0.39 is 0 Å². The first kappa shape index (κ1) is 19.3. The highest BCUT2D eigenvalue weighted by Crippen LogP contribution is 2.22. The zero-order chi connectivity index (χ0) is 19.1. The molecular weight excluding hydrogens is 334 g/mol. The van der Waals surface area contributed by atoms with Crippen molar-refractivity contribution in [3.05, 3.63) is 65.7 Å². The summed E-state index contributed by atoms with van der Waals surface area (Å²) in [5.74, 6) is 0.508. The molecular formula is C23H31N3O. The molecule has 144 valence electrons. The minimum absolute atomic E-state index is 0.0312. The summed E-state index contributed by atoms with van der Waals surface area (Å²) in [6, 6.07) is 18.6. The van der Waals surface area contributed by atoms with E-state index in [9.17, 15) is 4.79 Å². The Kier molecular flexibility index (Phi) is 6.74. The summed E-state index contributed by atoms with van der Waals surface area (Å²) in [7, 11) is 0. The summed E-state index contributed by atoms with van der Waals surface area (Å²) in [5.41, 5.74) is 3.55. The van der Waals surface area contributed by atoms with Crippen molar-refractivity contribution in [1.82, 2.24) is 10.6 Å². The number of rotatable bonds is 7. The second-order valence-electron chi connectivity index (χ2n) is 7.78. The number of hydrogen-bond acceptors (Lipinski definition) is 2. The second kappa shape index (κ2) is 9.45. The van der Waals surface area contributed by atoms with Crippen molar-refractivity contribution in [2.75, 3.05) is 18.0 Å². The van der Waals surface area contributed by atoms with Crippen LogP contribution in [0.1, 0.15) is 50.3 Å². The van der Waals surface area contributed by atoms with Crippen LogP contribution in [-0.2, 0) is 6.54 Å². The lowest BCUT2D eigenvalue weighted by Gasteiger charge is -2.21. The predicted molar refractivity (Wildman–Crippen MR) is 112 cm³/mol. The topological polar surface area (TPSA) is 44.4 Å². The van der Waals surface area contributed by atoms with Crippen molar-refractivity contribution in [2.24, 2.45) is 5.92 Å². The highest BCUT2D eigenvalue weighted by atomic mass is 16.2. The van der Waals surface area contributed by atoms with Crippen LogP contribution in [0.15, 0.2) is 54.6 Å². The van der Waals surface area contributed by atoms with Gasteiger partial charge in [-0.2, -0.15) is 0 Å². The maximum absolute atomic E-state index is 12.4. The number of amides is 2. The van der Waals surface area contributed by atoms with Crippen LogP contribution in [0.2, 0.25) is 0 Å². The van der Waals surface area contributed by atoms with Crippen LogP contribution in [0, 0.1) is 5.92 Å². The maximum Gasteiger partial charge on any atom is 0.315 e. The second-order valence-corrected chi connectivity index (χ2v) is 7.78. The van der Waals surface area contributed by atoms with E-state index in [1.807, 2.05) is 18.2 Å². The van der Waals surface area contributed by atoms with E-state index >= 15 is 0 Å². The summed E-state index contributed by atoms with van der Waals surface area (Å²) in [6.07, 6.45) is 3.48. The van der Waals surface area contributed by atoms with E-state index in [4.69, 9.17) is 0 Å². The molecule has 2 N–H and O–H groups in total. The van der Waals surface area contributed by atoms with Crippen molar-refractivity contribution in [1.29, 1.82) is 0 Å². The van der Waals surface area contributed by atoms with E-state index in [2.05, 4.69) is 65.8 Å². The fraction of sp³-hybridized carbons (Fsp3) is 0.435. The Morgan fingerprint density at radius 2 is 1.67 bits per heavy atom. The number of nitrogens with one attached hydrogen (secondary N) is 2. The van der Waals surface area contributed by atoms with E-state index in [0.717, 1.165) is 30.6 Å². The largest absolute Gasteiger partial charge is 0.372 e. The van der Waals surface area contributed by atoms with Crippen molar-refractivity contribution < 1.29 is 4.79 Å². The molecule has 0 saturated carbocycles. The van der Waals surface area contributed by atoms with Crippen LogP contribution in [0.4, 0.5) is 10.5 Å². The Morgan fingerprint density at radius 1 is 1.00 bits per heavy atom. The van der Waals surface area contributed by atoms with Gasteiger partial charge in [-0.1, -0.05) is 56.3 Å². The summed E-state index contributed by atoms with van der Waals surface area (Å²) in [4.78, 5) is 14.8. The number of benzene rings is 2. The van der Waals surface area contributed by atoms with Crippen molar-refractivity contribution in [2.45, 2.75) is 45.7 Å². The fourth-order valence-electron chi connectivity index (χ4n) is 3.63. The zero-order valence-corrected chi connectivity index (χ0v) is 16.4. The zero-order valence-electron chi connectivity index (χ0n) is 16.4. The number of urea groups is 1. The molecule has 0 aromatic heterocycles. The van der Waals surface area contributed by atoms with Gasteiger partial charge in [0.2, 0.25) is 0 Å². The molecule has 2 aromatic carbocycles. The highest BCUT2D eigenvalue weighted by molar-refractivity contribution is 5.74. The van der Waals surface area contributed by atoms with E-state index in [-0.39, 0.29) is 12.1 Å². The van der Waals surface area contributed by atoms with Crippen LogP contribution in [0.5, 0.6) is 0 Å². The molecule has 0 spiro atoms. The van der Waals surface area contributed by atoms with Gasteiger partial charge in [0.1, 0.15) is 0 Å². The molecule has 2 amide bonds. The van der Waals surface area contributed by atoms with Crippen molar-refractivity contribution >= 4 is 11.7 Å². The molecule has 0 bridgehead atoms. The molecule has 1 aliphatic heterocycles. The molecule has 1 unspecified atom stereocenters. The van der Waals surface area contributed by atoms with Gasteiger partial charge in [0.25, 0.3) is 0 Å². The monoisotopic (exact) mass is 365 g/mol. The van der Waals surface area contributed by atoms with Gasteiger partial charge >= 0.3 is 6.03 Å². The molecule has 1 heterocycles. The van der Waals surface area contributed by atoms with Crippen LogP contribution in [-0.4, -0.2) is 19.1 Å². The Labute approximate surface area is 163 Å². The number of hydrogen-bond donors (Lipinski definition) is 2. The first-order valence-corrected chi connectivity index (χ1v) is 10.0. The molecule has 1 saturated heterocycles. The minimum atomic E-state index is -0.117. The van der Waals surface area contributed by atoms with E-state index in [1.54, 1.807) is 0 Å². The summed E-state index contributed by atoms with van der Waals surface area (Å²) in [5, 5.41) is 6.13. The third kappa shape index (κ3) is 5.75. The first-order valence-electron chi connectivity index (χ1n) is 10.0. The van der Waals surface area contributed by atoms with Crippen LogP contribution in [0.3, 0.4) is 0 Å². The molecule has 4 heteroatoms. The third-order valence-corrected chi connectivity index (χ3v) is 5.07. The third-order valence-electron chi connectivity index (χ3n) is 5.07. The minimum Gasteiger partial charge on any atom is -0.372 e. The van der Waals surface area contributed by atoms with Gasteiger partial charge in [-0.25, -0.2) is 4.79 Å². The van der Waals surface area contributed by atoms with Crippen molar-refractivity contribution in [3.8, 4) is 0 Å². The normalized spacial score (nSPS) is 15.0. The molecule has 3 rings (SSSR count). The number of nitrogens with zero attached hydrogens (tertiary/aromatic N) is 1. The smallest absolute Gasteiger partial charge is 0.315 e. The SMILES string of the molecule is CC(C)CC(NC(=O)NCc1ccc(N2CCCC2)cc1)c1ccccc1. The average molecular weight is 366 g/mol. The number of carbonyl (C=O) groups excluding carboxylic acids is 1. The number of anilines is 1. The van der Waals surface area contributed by atoms with Crippen LogP contribution in [0.25, 0.3) is 0 Å². The maximum atomic E-state index is 12.4. The molecule has 27 heavy (non-hydrogen) atoms. The van der Waals surface area contributed by atoms with Gasteiger partial charge in [-0.15, -0.1) is 0 Å². The van der Waals surface area contributed by atoms with Gasteiger partial charge in [0, 0.05) is 25.3 Å². The number of carbonyl (C=O) groups is 1. The lowest BCUT2D eigenvalue weighted by atomic mass is 9.97. The fourth-order valence-corrected chi connectivity index (χ4v) is 3.63. The average Bonchev–Trinajstić information content (AvgIpc) is 3.21. The molecule has 0 aliphatic carbocycles. The lowest BCUT2D eigenvalue weighted by Crippen LogP contribution is -2.38. The van der Waals surface area contributed by atoms with Gasteiger partial charge in [-0.3, -0.25) is 0 Å². The van der Waals surface area contributed by atoms with Crippen LogP contribution >= 0.6 is 0 Å². The Balaban J connectivity index is 1.53. The quantitative estimate of drug-likeness (QED) is 0.735. The Hall–Kier alpha value is -2.49. The molecule has 1 fully saturated rings. The van der Waals surface area contributed by atoms with Crippen molar-refractivity contribution in [3.63, 3.8) is 0 Å². The van der Waals surface area contributed by atoms with E-state index in [1.165, 1.54) is 18.5 Å². The van der Waals surface area contributed by atoms with Gasteiger partial charge < -0.3 is 15.5 Å². The first-order chi connectivity index (χ1) is 13.1. The molecule has 1 aliphatic rings. The molecule has 2 aromatic rings. The predicted octanol–water partition coefficient (Wildman–Crippen LogP) is 4.87. The molecule has 0 radical (unpaired) electrons. The Bertz CT molecular complexity index is 706. The van der Waals surface area contributed by atoms with Gasteiger partial charge in [0.05, 0.1) is 6.04 Å². The van der Waals surface area contributed by atoms with Gasteiger partial charge in [-0.05, 0) is 48.4 Å². The Morgan fingerprint density at radius 3 is 2.30 bits per heavy atom. The summed E-state index contributed by atoms with van der Waals surface area (Å²) < 4.78 is 0. The molecule has 4 nitrogen and oxygen atoms in total. The van der Waals surface area contributed by atoms with Crippen LogP contribution < -0.4 is 15.5 Å².